The summed E-state index contributed by atoms with van der Waals surface area (Å²) in [5.74, 6) is -0.138. The number of methoxy groups -OCH3 is 3. The van der Waals surface area contributed by atoms with Crippen LogP contribution in [0.15, 0.2) is 17.0 Å². The first-order valence-electron chi connectivity index (χ1n) is 8.17. The van der Waals surface area contributed by atoms with E-state index in [0.29, 0.717) is 40.6 Å². The van der Waals surface area contributed by atoms with E-state index in [1.165, 1.54) is 26.2 Å². The number of ether oxygens (including phenoxy) is 3. The molecule has 0 saturated carbocycles. The van der Waals surface area contributed by atoms with Crippen molar-refractivity contribution in [3.05, 3.63) is 22.6 Å². The summed E-state index contributed by atoms with van der Waals surface area (Å²) in [6, 6.07) is 2.44. The summed E-state index contributed by atoms with van der Waals surface area (Å²) in [4.78, 5) is 25.8. The number of thioether (sulfide) groups is 1. The molecule has 146 valence electrons. The molecule has 1 heterocycles. The lowest BCUT2D eigenvalue weighted by molar-refractivity contribution is -0.145. The molecule has 7 nitrogen and oxygen atoms in total. The highest BCUT2D eigenvalue weighted by atomic mass is 32.2. The van der Waals surface area contributed by atoms with Gasteiger partial charge in [-0.3, -0.25) is 9.69 Å². The molecule has 0 unspecified atom stereocenters. The van der Waals surface area contributed by atoms with Crippen LogP contribution in [-0.2, 0) is 9.59 Å². The molecule has 27 heavy (non-hydrogen) atoms. The van der Waals surface area contributed by atoms with Gasteiger partial charge in [0, 0.05) is 0 Å². The van der Waals surface area contributed by atoms with Gasteiger partial charge in [-0.2, -0.15) is 0 Å². The van der Waals surface area contributed by atoms with Gasteiger partial charge in [0.05, 0.1) is 26.2 Å². The summed E-state index contributed by atoms with van der Waals surface area (Å²) >= 11 is 6.33. The van der Waals surface area contributed by atoms with E-state index in [-0.39, 0.29) is 4.32 Å². The number of carboxylic acid groups (broad SMARTS) is 1. The fourth-order valence-electron chi connectivity index (χ4n) is 2.72. The first-order valence-corrected chi connectivity index (χ1v) is 9.40. The van der Waals surface area contributed by atoms with E-state index in [1.54, 1.807) is 18.2 Å². The maximum Gasteiger partial charge on any atom is 0.326 e. The second-order valence-corrected chi connectivity index (χ2v) is 7.33. The first-order chi connectivity index (χ1) is 12.9. The first kappa shape index (κ1) is 21.0. The van der Waals surface area contributed by atoms with Crippen LogP contribution >= 0.6 is 24.0 Å². The van der Waals surface area contributed by atoms with Crippen molar-refractivity contribution in [1.29, 1.82) is 0 Å². The second-order valence-electron chi connectivity index (χ2n) is 5.65. The van der Waals surface area contributed by atoms with E-state index in [4.69, 9.17) is 26.4 Å². The van der Waals surface area contributed by atoms with Gasteiger partial charge >= 0.3 is 5.97 Å². The van der Waals surface area contributed by atoms with Crippen molar-refractivity contribution >= 4 is 46.3 Å². The molecule has 1 N–H and O–H groups in total. The molecule has 0 aliphatic carbocycles. The molecule has 9 heteroatoms. The van der Waals surface area contributed by atoms with E-state index in [0.717, 1.165) is 11.8 Å². The van der Waals surface area contributed by atoms with Crippen molar-refractivity contribution < 1.29 is 28.9 Å². The van der Waals surface area contributed by atoms with Gasteiger partial charge in [-0.1, -0.05) is 37.3 Å². The molecular formula is C18H21NO6S2. The van der Waals surface area contributed by atoms with Crippen LogP contribution in [0.1, 0.15) is 25.3 Å². The van der Waals surface area contributed by atoms with Crippen LogP contribution in [0.5, 0.6) is 17.2 Å². The van der Waals surface area contributed by atoms with Crippen molar-refractivity contribution in [2.75, 3.05) is 21.3 Å². The van der Waals surface area contributed by atoms with Gasteiger partial charge in [0.2, 0.25) is 5.75 Å². The molecule has 0 radical (unpaired) electrons. The molecule has 1 aromatic rings. The lowest BCUT2D eigenvalue weighted by Gasteiger charge is -2.22. The molecule has 1 amide bonds. The third kappa shape index (κ3) is 4.36. The number of carboxylic acids is 1. The molecule has 1 fully saturated rings. The fraction of sp³-hybridized carbons (Fsp3) is 0.389. The largest absolute Gasteiger partial charge is 0.493 e. The van der Waals surface area contributed by atoms with Gasteiger partial charge in [0.15, 0.2) is 11.5 Å². The summed E-state index contributed by atoms with van der Waals surface area (Å²) in [6.45, 7) is 1.86. The molecule has 1 saturated heterocycles. The highest BCUT2D eigenvalue weighted by Crippen LogP contribution is 2.40. The Morgan fingerprint density at radius 3 is 2.30 bits per heavy atom. The van der Waals surface area contributed by atoms with Crippen molar-refractivity contribution in [1.82, 2.24) is 4.90 Å². The maximum absolute atomic E-state index is 12.8. The van der Waals surface area contributed by atoms with Gasteiger partial charge < -0.3 is 19.3 Å². The molecule has 2 rings (SSSR count). The number of aliphatic carboxylic acids is 1. The van der Waals surface area contributed by atoms with Crippen LogP contribution in [0.25, 0.3) is 6.08 Å². The lowest BCUT2D eigenvalue weighted by atomic mass is 10.1. The van der Waals surface area contributed by atoms with Gasteiger partial charge in [0.25, 0.3) is 5.91 Å². The number of hydrogen-bond acceptors (Lipinski definition) is 7. The topological polar surface area (TPSA) is 85.3 Å². The van der Waals surface area contributed by atoms with E-state index < -0.39 is 17.9 Å². The zero-order valence-electron chi connectivity index (χ0n) is 15.5. The van der Waals surface area contributed by atoms with Gasteiger partial charge in [0.1, 0.15) is 10.4 Å². The van der Waals surface area contributed by atoms with E-state index in [2.05, 4.69) is 0 Å². The molecule has 0 aromatic heterocycles. The SMILES string of the molecule is CCC[C@@H](C(=O)O)N1C(=O)/C(=C/c2cc(OC)c(OC)c(OC)c2)SC1=S. The second kappa shape index (κ2) is 9.09. The van der Waals surface area contributed by atoms with E-state index in [9.17, 15) is 14.7 Å². The molecule has 1 aromatic carbocycles. The van der Waals surface area contributed by atoms with Crippen molar-refractivity contribution in [3.8, 4) is 17.2 Å². The Labute approximate surface area is 167 Å². The molecule has 1 aliphatic rings. The van der Waals surface area contributed by atoms with Crippen molar-refractivity contribution in [2.45, 2.75) is 25.8 Å². The number of hydrogen-bond donors (Lipinski definition) is 1. The van der Waals surface area contributed by atoms with Crippen LogP contribution < -0.4 is 14.2 Å². The third-order valence-electron chi connectivity index (χ3n) is 3.97. The minimum atomic E-state index is -1.07. The summed E-state index contributed by atoms with van der Waals surface area (Å²) in [5.41, 5.74) is 0.646. The monoisotopic (exact) mass is 411 g/mol. The molecule has 0 spiro atoms. The molecule has 0 bridgehead atoms. The van der Waals surface area contributed by atoms with Crippen LogP contribution in [0.4, 0.5) is 0 Å². The molecule has 1 atom stereocenters. The van der Waals surface area contributed by atoms with E-state index in [1.807, 2.05) is 6.92 Å². The Morgan fingerprint density at radius 1 is 1.26 bits per heavy atom. The quantitative estimate of drug-likeness (QED) is 0.516. The van der Waals surface area contributed by atoms with E-state index >= 15 is 0 Å². The Bertz CT molecular complexity index is 767. The van der Waals surface area contributed by atoms with Crippen molar-refractivity contribution in [3.63, 3.8) is 0 Å². The third-order valence-corrected chi connectivity index (χ3v) is 5.30. The summed E-state index contributed by atoms with van der Waals surface area (Å²) in [5, 5.41) is 9.44. The smallest absolute Gasteiger partial charge is 0.326 e. The summed E-state index contributed by atoms with van der Waals surface area (Å²) in [7, 11) is 4.51. The maximum atomic E-state index is 12.8. The number of thiocarbonyl (C=S) groups is 1. The average Bonchev–Trinajstić information content (AvgIpc) is 2.91. The Balaban J connectivity index is 2.42. The summed E-state index contributed by atoms with van der Waals surface area (Å²) < 4.78 is 16.2. The molecular weight excluding hydrogens is 390 g/mol. The number of carbonyl (C=O) groups excluding carboxylic acids is 1. The normalized spacial score (nSPS) is 16.6. The minimum absolute atomic E-state index is 0.236. The Hall–Kier alpha value is -2.26. The standard InChI is InChI=1S/C18H21NO6S2/c1-5-6-11(17(21)22)19-16(20)14(27-18(19)26)9-10-7-12(23-2)15(25-4)13(8-10)24-3/h7-9,11H,5-6H2,1-4H3,(H,21,22)/b14-9-/t11-/m0/s1. The van der Waals surface area contributed by atoms with Crippen LogP contribution in [-0.4, -0.2) is 53.6 Å². The highest BCUT2D eigenvalue weighted by Gasteiger charge is 2.40. The number of carbonyl (C=O) groups is 2. The van der Waals surface area contributed by atoms with Crippen LogP contribution in [0.3, 0.4) is 0 Å². The van der Waals surface area contributed by atoms with Gasteiger partial charge in [-0.05, 0) is 30.2 Å². The highest BCUT2D eigenvalue weighted by molar-refractivity contribution is 8.26. The zero-order chi connectivity index (χ0) is 20.1. The number of rotatable bonds is 8. The van der Waals surface area contributed by atoms with Crippen LogP contribution in [0.2, 0.25) is 0 Å². The molecule has 1 aliphatic heterocycles. The predicted molar refractivity (Wildman–Crippen MR) is 107 cm³/mol. The Morgan fingerprint density at radius 2 is 1.85 bits per heavy atom. The fourth-order valence-corrected chi connectivity index (χ4v) is 4.08. The predicted octanol–water partition coefficient (Wildman–Crippen LogP) is 3.17. The lowest BCUT2D eigenvalue weighted by Crippen LogP contribution is -2.43. The average molecular weight is 412 g/mol. The number of amides is 1. The van der Waals surface area contributed by atoms with Gasteiger partial charge in [-0.15, -0.1) is 0 Å². The number of benzene rings is 1. The van der Waals surface area contributed by atoms with Gasteiger partial charge in [-0.25, -0.2) is 4.79 Å². The minimum Gasteiger partial charge on any atom is -0.493 e. The summed E-state index contributed by atoms with van der Waals surface area (Å²) in [6.07, 6.45) is 2.59. The zero-order valence-corrected chi connectivity index (χ0v) is 17.1. The number of nitrogens with zero attached hydrogens (tertiary/aromatic N) is 1. The Kier molecular flexibility index (Phi) is 7.09. The van der Waals surface area contributed by atoms with Crippen molar-refractivity contribution in [2.24, 2.45) is 0 Å². The van der Waals surface area contributed by atoms with Crippen LogP contribution in [0, 0.1) is 0 Å².